The molecule has 6 nitrogen and oxygen atoms in total. The predicted octanol–water partition coefficient (Wildman–Crippen LogP) is 3.93. The van der Waals surface area contributed by atoms with Crippen LogP contribution < -0.4 is 4.90 Å². The van der Waals surface area contributed by atoms with Crippen molar-refractivity contribution in [3.05, 3.63) is 96.4 Å². The molecule has 5 rings (SSSR count). The Labute approximate surface area is 181 Å². The highest BCUT2D eigenvalue weighted by molar-refractivity contribution is 5.97. The molecule has 4 aromatic rings. The lowest BCUT2D eigenvalue weighted by atomic mass is 10.2. The molecule has 0 atom stereocenters. The summed E-state index contributed by atoms with van der Waals surface area (Å²) in [5, 5.41) is 4.59. The van der Waals surface area contributed by atoms with Crippen molar-refractivity contribution in [2.45, 2.75) is 6.92 Å². The van der Waals surface area contributed by atoms with Crippen molar-refractivity contribution in [1.29, 1.82) is 0 Å². The van der Waals surface area contributed by atoms with Crippen molar-refractivity contribution in [3.8, 4) is 11.5 Å². The quantitative estimate of drug-likeness (QED) is 0.511. The number of para-hydroxylation sites is 1. The number of anilines is 1. The number of amides is 1. The van der Waals surface area contributed by atoms with Crippen LogP contribution in [0.5, 0.6) is 0 Å². The molecule has 3 heterocycles. The molecule has 6 heteroatoms. The standard InChI is InChI=1S/C25H25N5O/c1-20-9-11-22(12-10-20)30-24(28-13-5-6-14-28)23(19-26-30)25(31)29-17-15-27(16-18-29)21-7-3-2-4-8-21/h2-14,19H,15-18H2,1H3. The molecule has 1 saturated heterocycles. The molecule has 0 spiro atoms. The maximum absolute atomic E-state index is 13.5. The van der Waals surface area contributed by atoms with E-state index in [1.807, 2.05) is 56.9 Å². The Bertz CT molecular complexity index is 1150. The van der Waals surface area contributed by atoms with E-state index in [1.54, 1.807) is 6.20 Å². The van der Waals surface area contributed by atoms with Crippen LogP contribution in [0.2, 0.25) is 0 Å². The van der Waals surface area contributed by atoms with Gasteiger partial charge in [-0.25, -0.2) is 4.68 Å². The normalized spacial score (nSPS) is 14.1. The average Bonchev–Trinajstić information content (AvgIpc) is 3.50. The van der Waals surface area contributed by atoms with Gasteiger partial charge in [-0.3, -0.25) is 4.79 Å². The summed E-state index contributed by atoms with van der Waals surface area (Å²) >= 11 is 0. The minimum absolute atomic E-state index is 0.0229. The Kier molecular flexibility index (Phi) is 5.04. The van der Waals surface area contributed by atoms with Crippen LogP contribution in [-0.4, -0.2) is 51.3 Å². The third kappa shape index (κ3) is 3.72. The number of aromatic nitrogens is 3. The number of rotatable bonds is 4. The van der Waals surface area contributed by atoms with Crippen LogP contribution in [-0.2, 0) is 0 Å². The Balaban J connectivity index is 1.42. The molecular weight excluding hydrogens is 386 g/mol. The number of hydrogen-bond acceptors (Lipinski definition) is 3. The first-order valence-electron chi connectivity index (χ1n) is 10.6. The second kappa shape index (κ2) is 8.14. The zero-order valence-corrected chi connectivity index (χ0v) is 17.6. The molecule has 1 aliphatic heterocycles. The van der Waals surface area contributed by atoms with Gasteiger partial charge in [0, 0.05) is 44.3 Å². The smallest absolute Gasteiger partial charge is 0.259 e. The zero-order valence-electron chi connectivity index (χ0n) is 17.6. The fourth-order valence-electron chi connectivity index (χ4n) is 4.07. The summed E-state index contributed by atoms with van der Waals surface area (Å²) in [4.78, 5) is 17.8. The third-order valence-electron chi connectivity index (χ3n) is 5.79. The van der Waals surface area contributed by atoms with Crippen molar-refractivity contribution in [3.63, 3.8) is 0 Å². The van der Waals surface area contributed by atoms with Gasteiger partial charge >= 0.3 is 0 Å². The van der Waals surface area contributed by atoms with Gasteiger partial charge < -0.3 is 14.4 Å². The van der Waals surface area contributed by atoms with Crippen LogP contribution in [0, 0.1) is 6.92 Å². The summed E-state index contributed by atoms with van der Waals surface area (Å²) < 4.78 is 3.80. The van der Waals surface area contributed by atoms with E-state index in [1.165, 1.54) is 11.3 Å². The van der Waals surface area contributed by atoms with Gasteiger partial charge in [-0.2, -0.15) is 5.10 Å². The fraction of sp³-hybridized carbons (Fsp3) is 0.200. The van der Waals surface area contributed by atoms with E-state index >= 15 is 0 Å². The van der Waals surface area contributed by atoms with Crippen molar-refractivity contribution in [2.24, 2.45) is 0 Å². The highest BCUT2D eigenvalue weighted by atomic mass is 16.2. The molecule has 0 aliphatic carbocycles. The third-order valence-corrected chi connectivity index (χ3v) is 5.79. The van der Waals surface area contributed by atoms with E-state index in [2.05, 4.69) is 53.3 Å². The number of carbonyl (C=O) groups excluding carboxylic acids is 1. The number of aryl methyl sites for hydroxylation is 1. The maximum atomic E-state index is 13.5. The minimum atomic E-state index is 0.0229. The number of hydrogen-bond donors (Lipinski definition) is 0. The highest BCUT2D eigenvalue weighted by Gasteiger charge is 2.27. The van der Waals surface area contributed by atoms with Gasteiger partial charge in [0.25, 0.3) is 5.91 Å². The monoisotopic (exact) mass is 411 g/mol. The van der Waals surface area contributed by atoms with E-state index in [-0.39, 0.29) is 5.91 Å². The summed E-state index contributed by atoms with van der Waals surface area (Å²) in [6.45, 7) is 5.08. The summed E-state index contributed by atoms with van der Waals surface area (Å²) in [6, 6.07) is 22.5. The topological polar surface area (TPSA) is 46.3 Å². The van der Waals surface area contributed by atoms with Gasteiger partial charge in [0.2, 0.25) is 0 Å². The summed E-state index contributed by atoms with van der Waals surface area (Å²) in [7, 11) is 0. The van der Waals surface area contributed by atoms with Crippen LogP contribution in [0.4, 0.5) is 5.69 Å². The van der Waals surface area contributed by atoms with Crippen LogP contribution in [0.25, 0.3) is 11.5 Å². The molecule has 0 saturated carbocycles. The van der Waals surface area contributed by atoms with Crippen molar-refractivity contribution in [1.82, 2.24) is 19.2 Å². The zero-order chi connectivity index (χ0) is 21.2. The number of nitrogens with zero attached hydrogens (tertiary/aromatic N) is 5. The van der Waals surface area contributed by atoms with Gasteiger partial charge in [-0.1, -0.05) is 35.9 Å². The summed E-state index contributed by atoms with van der Waals surface area (Å²) in [5.74, 6) is 0.791. The lowest BCUT2D eigenvalue weighted by Gasteiger charge is -2.36. The Hall–Kier alpha value is -3.80. The first kappa shape index (κ1) is 19.2. The molecule has 1 fully saturated rings. The molecule has 156 valence electrons. The first-order valence-corrected chi connectivity index (χ1v) is 10.6. The van der Waals surface area contributed by atoms with Gasteiger partial charge in [-0.15, -0.1) is 0 Å². The van der Waals surface area contributed by atoms with Gasteiger partial charge in [0.05, 0.1) is 11.9 Å². The lowest BCUT2D eigenvalue weighted by Crippen LogP contribution is -2.48. The number of carbonyl (C=O) groups is 1. The summed E-state index contributed by atoms with van der Waals surface area (Å²) in [5.41, 5.74) is 3.94. The SMILES string of the molecule is Cc1ccc(-n2ncc(C(=O)N3CCN(c4ccccc4)CC3)c2-n2cccc2)cc1. The van der Waals surface area contributed by atoms with Gasteiger partial charge in [0.15, 0.2) is 5.82 Å². The van der Waals surface area contributed by atoms with E-state index < -0.39 is 0 Å². The molecule has 0 radical (unpaired) electrons. The number of benzene rings is 2. The molecule has 1 aliphatic rings. The molecule has 0 bridgehead atoms. The molecule has 2 aromatic carbocycles. The van der Waals surface area contributed by atoms with Gasteiger partial charge in [-0.05, 0) is 43.3 Å². The van der Waals surface area contributed by atoms with E-state index in [0.717, 1.165) is 24.6 Å². The molecule has 0 N–H and O–H groups in total. The highest BCUT2D eigenvalue weighted by Crippen LogP contribution is 2.23. The van der Waals surface area contributed by atoms with E-state index in [4.69, 9.17) is 0 Å². The van der Waals surface area contributed by atoms with E-state index in [0.29, 0.717) is 18.7 Å². The Morgan fingerprint density at radius 3 is 2.16 bits per heavy atom. The minimum Gasteiger partial charge on any atom is -0.368 e. The van der Waals surface area contributed by atoms with Gasteiger partial charge in [0.1, 0.15) is 5.56 Å². The molecule has 0 unspecified atom stereocenters. The molecule has 31 heavy (non-hydrogen) atoms. The molecule has 2 aromatic heterocycles. The predicted molar refractivity (Wildman–Crippen MR) is 122 cm³/mol. The molecular formula is C25H25N5O. The van der Waals surface area contributed by atoms with Crippen LogP contribution >= 0.6 is 0 Å². The van der Waals surface area contributed by atoms with Crippen LogP contribution in [0.15, 0.2) is 85.3 Å². The van der Waals surface area contributed by atoms with E-state index in [9.17, 15) is 4.79 Å². The fourth-order valence-corrected chi connectivity index (χ4v) is 4.07. The molecule has 1 amide bonds. The Morgan fingerprint density at radius 2 is 1.48 bits per heavy atom. The average molecular weight is 412 g/mol. The van der Waals surface area contributed by atoms with Crippen LogP contribution in [0.3, 0.4) is 0 Å². The Morgan fingerprint density at radius 1 is 0.806 bits per heavy atom. The largest absolute Gasteiger partial charge is 0.368 e. The lowest BCUT2D eigenvalue weighted by molar-refractivity contribution is 0.0747. The maximum Gasteiger partial charge on any atom is 0.259 e. The second-order valence-electron chi connectivity index (χ2n) is 7.83. The van der Waals surface area contributed by atoms with Crippen LogP contribution in [0.1, 0.15) is 15.9 Å². The van der Waals surface area contributed by atoms with Crippen molar-refractivity contribution in [2.75, 3.05) is 31.1 Å². The van der Waals surface area contributed by atoms with Crippen molar-refractivity contribution < 1.29 is 4.79 Å². The second-order valence-corrected chi connectivity index (χ2v) is 7.83. The summed E-state index contributed by atoms with van der Waals surface area (Å²) in [6.07, 6.45) is 5.60. The number of piperazine rings is 1. The first-order chi connectivity index (χ1) is 15.2. The van der Waals surface area contributed by atoms with Crippen molar-refractivity contribution >= 4 is 11.6 Å².